The van der Waals surface area contributed by atoms with Gasteiger partial charge in [0, 0.05) is 50.3 Å². The normalized spacial score (nSPS) is 22.4. The van der Waals surface area contributed by atoms with Crippen molar-refractivity contribution in [3.05, 3.63) is 58.4 Å². The predicted molar refractivity (Wildman–Crippen MR) is 132 cm³/mol. The van der Waals surface area contributed by atoms with Gasteiger partial charge in [0.05, 0.1) is 0 Å². The monoisotopic (exact) mass is 497 g/mol. The lowest BCUT2D eigenvalue weighted by molar-refractivity contribution is 0.237. The van der Waals surface area contributed by atoms with Crippen molar-refractivity contribution in [2.75, 3.05) is 26.2 Å². The molecule has 6 nitrogen and oxygen atoms in total. The summed E-state index contributed by atoms with van der Waals surface area (Å²) in [6.45, 7) is 7.05. The van der Waals surface area contributed by atoms with Crippen LogP contribution in [0.25, 0.3) is 11.4 Å². The highest BCUT2D eigenvalue weighted by Gasteiger charge is 2.49. The molecule has 1 aromatic carbocycles. The van der Waals surface area contributed by atoms with Crippen LogP contribution in [0.5, 0.6) is 0 Å². The number of nitrogens with zero attached hydrogens (tertiary/aromatic N) is 4. The molecule has 2 aliphatic rings. The zero-order valence-electron chi connectivity index (χ0n) is 18.4. The highest BCUT2D eigenvalue weighted by molar-refractivity contribution is 6.30. The highest BCUT2D eigenvalue weighted by atomic mass is 35.5. The second-order valence-electron chi connectivity index (χ2n) is 8.91. The van der Waals surface area contributed by atoms with Gasteiger partial charge in [0.15, 0.2) is 0 Å². The van der Waals surface area contributed by atoms with Gasteiger partial charge in [-0.2, -0.15) is 5.10 Å². The Bertz CT molecular complexity index is 1040. The molecule has 2 atom stereocenters. The van der Waals surface area contributed by atoms with Crippen molar-refractivity contribution in [1.29, 1.82) is 0 Å². The summed E-state index contributed by atoms with van der Waals surface area (Å²) >= 11 is 6.65. The summed E-state index contributed by atoms with van der Waals surface area (Å²) in [4.78, 5) is 2.55. The zero-order chi connectivity index (χ0) is 20.7. The van der Waals surface area contributed by atoms with Gasteiger partial charge in [-0.05, 0) is 37.8 Å². The Hall–Kier alpha value is -1.57. The van der Waals surface area contributed by atoms with Crippen LogP contribution in [0.2, 0.25) is 5.15 Å². The number of hydrogen-bond donors (Lipinski definition) is 1. The van der Waals surface area contributed by atoms with Gasteiger partial charge in [0.25, 0.3) is 0 Å². The van der Waals surface area contributed by atoms with Gasteiger partial charge in [-0.15, -0.1) is 24.8 Å². The van der Waals surface area contributed by atoms with Crippen LogP contribution in [0, 0.1) is 18.3 Å². The van der Waals surface area contributed by atoms with Crippen molar-refractivity contribution in [2.45, 2.75) is 26.3 Å². The first-order chi connectivity index (χ1) is 14.5. The van der Waals surface area contributed by atoms with E-state index < -0.39 is 0 Å². The molecule has 0 saturated carbocycles. The third-order valence-corrected chi connectivity index (χ3v) is 7.30. The SMILES string of the molecule is Cc1cc(-c2nn(C)c(Cl)c2CN2CC3CNCC3(CCc3ccccc3)C2)no1.Cl.Cl. The maximum Gasteiger partial charge on any atom is 0.134 e. The Labute approximate surface area is 206 Å². The fourth-order valence-corrected chi connectivity index (χ4v) is 5.43. The van der Waals surface area contributed by atoms with Gasteiger partial charge < -0.3 is 9.84 Å². The Morgan fingerprint density at radius 1 is 1.25 bits per heavy atom. The number of nitrogens with one attached hydrogen (secondary N) is 1. The first kappa shape index (κ1) is 25.1. The molecule has 0 spiro atoms. The topological polar surface area (TPSA) is 59.1 Å². The quantitative estimate of drug-likeness (QED) is 0.541. The average Bonchev–Trinajstić information content (AvgIpc) is 3.47. The van der Waals surface area contributed by atoms with Crippen LogP contribution < -0.4 is 5.32 Å². The lowest BCUT2D eigenvalue weighted by Gasteiger charge is -2.28. The molecule has 174 valence electrons. The van der Waals surface area contributed by atoms with Crippen LogP contribution in [-0.2, 0) is 20.0 Å². The summed E-state index contributed by atoms with van der Waals surface area (Å²) < 4.78 is 7.02. The summed E-state index contributed by atoms with van der Waals surface area (Å²) in [5.74, 6) is 1.45. The third kappa shape index (κ3) is 4.70. The van der Waals surface area contributed by atoms with E-state index in [9.17, 15) is 0 Å². The number of benzene rings is 1. The van der Waals surface area contributed by atoms with E-state index in [0.29, 0.717) is 16.5 Å². The van der Waals surface area contributed by atoms with E-state index in [0.717, 1.165) is 61.9 Å². The first-order valence-electron chi connectivity index (χ1n) is 10.7. The number of halogens is 3. The summed E-state index contributed by atoms with van der Waals surface area (Å²) in [6, 6.07) is 12.8. The van der Waals surface area contributed by atoms with Crippen LogP contribution in [0.1, 0.15) is 23.3 Å². The minimum atomic E-state index is 0. The fraction of sp³-hybridized carbons (Fsp3) is 0.478. The van der Waals surface area contributed by atoms with Gasteiger partial charge in [-0.25, -0.2) is 0 Å². The Balaban J connectivity index is 0.00000144. The molecular weight excluding hydrogens is 469 g/mol. The van der Waals surface area contributed by atoms with Crippen molar-refractivity contribution in [3.8, 4) is 11.4 Å². The van der Waals surface area contributed by atoms with Crippen LogP contribution in [0.3, 0.4) is 0 Å². The maximum atomic E-state index is 6.65. The molecule has 0 radical (unpaired) electrons. The van der Waals surface area contributed by atoms with E-state index in [-0.39, 0.29) is 24.8 Å². The smallest absolute Gasteiger partial charge is 0.134 e. The minimum absolute atomic E-state index is 0. The van der Waals surface area contributed by atoms with E-state index in [2.05, 4.69) is 50.8 Å². The molecule has 1 N–H and O–H groups in total. The Morgan fingerprint density at radius 2 is 2.03 bits per heavy atom. The molecule has 5 rings (SSSR count). The summed E-state index contributed by atoms with van der Waals surface area (Å²) in [5, 5.41) is 13.1. The molecule has 2 unspecified atom stereocenters. The van der Waals surface area contributed by atoms with E-state index in [4.69, 9.17) is 16.1 Å². The van der Waals surface area contributed by atoms with Crippen molar-refractivity contribution in [2.24, 2.45) is 18.4 Å². The first-order valence-corrected chi connectivity index (χ1v) is 11.0. The molecule has 2 aliphatic heterocycles. The van der Waals surface area contributed by atoms with Gasteiger partial charge in [-0.3, -0.25) is 9.58 Å². The van der Waals surface area contributed by atoms with Gasteiger partial charge >= 0.3 is 0 Å². The van der Waals surface area contributed by atoms with E-state index in [1.54, 1.807) is 4.68 Å². The molecule has 2 saturated heterocycles. The van der Waals surface area contributed by atoms with Gasteiger partial charge in [-0.1, -0.05) is 47.1 Å². The molecule has 9 heteroatoms. The van der Waals surface area contributed by atoms with E-state index >= 15 is 0 Å². The van der Waals surface area contributed by atoms with Crippen LogP contribution >= 0.6 is 36.4 Å². The lowest BCUT2D eigenvalue weighted by atomic mass is 9.76. The Morgan fingerprint density at radius 3 is 2.75 bits per heavy atom. The number of fused-ring (bicyclic) bond motifs is 1. The number of hydrogen-bond acceptors (Lipinski definition) is 5. The molecule has 0 bridgehead atoms. The van der Waals surface area contributed by atoms with Crippen LogP contribution in [0.4, 0.5) is 0 Å². The standard InChI is InChI=1S/C23H28ClN5O.2ClH/c1-16-10-20(27-30-16)21-19(22(24)28(2)26-21)13-29-12-18-11-25-14-23(18,15-29)9-8-17-6-4-3-5-7-17;;/h3-7,10,18,25H,8-9,11-15H2,1-2H3;2*1H. The van der Waals surface area contributed by atoms with Crippen molar-refractivity contribution in [1.82, 2.24) is 25.2 Å². The minimum Gasteiger partial charge on any atom is -0.361 e. The molecule has 32 heavy (non-hydrogen) atoms. The van der Waals surface area contributed by atoms with Crippen molar-refractivity contribution in [3.63, 3.8) is 0 Å². The number of likely N-dealkylation sites (tertiary alicyclic amines) is 1. The molecule has 3 aromatic rings. The second-order valence-corrected chi connectivity index (χ2v) is 9.27. The number of aromatic nitrogens is 3. The van der Waals surface area contributed by atoms with Gasteiger partial charge in [0.1, 0.15) is 22.3 Å². The molecular formula is C23H30Cl3N5O. The zero-order valence-corrected chi connectivity index (χ0v) is 20.8. The lowest BCUT2D eigenvalue weighted by Crippen LogP contribution is -2.33. The summed E-state index contributed by atoms with van der Waals surface area (Å²) in [7, 11) is 1.88. The summed E-state index contributed by atoms with van der Waals surface area (Å²) in [6.07, 6.45) is 2.34. The molecule has 2 fully saturated rings. The average molecular weight is 499 g/mol. The summed E-state index contributed by atoms with van der Waals surface area (Å²) in [5.41, 5.74) is 4.38. The predicted octanol–water partition coefficient (Wildman–Crippen LogP) is 4.53. The van der Waals surface area contributed by atoms with Crippen molar-refractivity contribution < 1.29 is 4.52 Å². The molecule has 0 amide bonds. The van der Waals surface area contributed by atoms with Gasteiger partial charge in [0.2, 0.25) is 0 Å². The van der Waals surface area contributed by atoms with Crippen LogP contribution in [-0.4, -0.2) is 46.0 Å². The number of rotatable bonds is 6. The third-order valence-electron chi connectivity index (χ3n) is 6.83. The largest absolute Gasteiger partial charge is 0.361 e. The van der Waals surface area contributed by atoms with Crippen LogP contribution in [0.15, 0.2) is 40.9 Å². The fourth-order valence-electron chi connectivity index (χ4n) is 5.25. The molecule has 2 aromatic heterocycles. The Kier molecular flexibility index (Phi) is 7.94. The van der Waals surface area contributed by atoms with E-state index in [1.807, 2.05) is 20.0 Å². The maximum absolute atomic E-state index is 6.65. The molecule has 0 aliphatic carbocycles. The second kappa shape index (κ2) is 10.1. The number of aryl methyl sites for hydroxylation is 3. The molecule has 4 heterocycles. The van der Waals surface area contributed by atoms with Crippen molar-refractivity contribution >= 4 is 36.4 Å². The van der Waals surface area contributed by atoms with E-state index in [1.165, 1.54) is 12.0 Å². The highest BCUT2D eigenvalue weighted by Crippen LogP contribution is 2.44.